The van der Waals surface area contributed by atoms with Crippen molar-refractivity contribution in [2.75, 3.05) is 33.9 Å². The van der Waals surface area contributed by atoms with Crippen LogP contribution in [0.5, 0.6) is 0 Å². The summed E-state index contributed by atoms with van der Waals surface area (Å²) < 4.78 is 51.2. The minimum Gasteiger partial charge on any atom is -0.465 e. The summed E-state index contributed by atoms with van der Waals surface area (Å²) in [7, 11) is -1.49. The van der Waals surface area contributed by atoms with Crippen LogP contribution in [0.1, 0.15) is 23.2 Å². The number of esters is 1. The molecule has 1 fully saturated rings. The van der Waals surface area contributed by atoms with Gasteiger partial charge in [0, 0.05) is 13.7 Å². The highest BCUT2D eigenvalue weighted by atomic mass is 32.2. The number of hydrogen-bond donors (Lipinski definition) is 2. The third kappa shape index (κ3) is 3.92. The number of methoxy groups -OCH3 is 2. The lowest BCUT2D eigenvalue weighted by Crippen LogP contribution is -2.53. The first-order valence-electron chi connectivity index (χ1n) is 7.46. The molecule has 0 amide bonds. The van der Waals surface area contributed by atoms with Gasteiger partial charge in [0.2, 0.25) is 10.0 Å². The average Bonchev–Trinajstić information content (AvgIpc) is 3.01. The van der Waals surface area contributed by atoms with Crippen molar-refractivity contribution in [2.45, 2.75) is 23.3 Å². The van der Waals surface area contributed by atoms with Gasteiger partial charge in [-0.15, -0.1) is 0 Å². The van der Waals surface area contributed by atoms with Crippen molar-refractivity contribution in [2.24, 2.45) is 0 Å². The van der Waals surface area contributed by atoms with Crippen LogP contribution in [0.2, 0.25) is 0 Å². The lowest BCUT2D eigenvalue weighted by atomic mass is 9.99. The Morgan fingerprint density at radius 2 is 2.17 bits per heavy atom. The van der Waals surface area contributed by atoms with E-state index in [1.807, 2.05) is 0 Å². The van der Waals surface area contributed by atoms with E-state index in [1.165, 1.54) is 19.2 Å². The zero-order chi connectivity index (χ0) is 17.8. The highest BCUT2D eigenvalue weighted by Crippen LogP contribution is 2.22. The van der Waals surface area contributed by atoms with Crippen LogP contribution in [0.3, 0.4) is 0 Å². The zero-order valence-corrected chi connectivity index (χ0v) is 14.4. The molecule has 7 nitrogen and oxygen atoms in total. The molecule has 0 bridgehead atoms. The summed E-state index contributed by atoms with van der Waals surface area (Å²) in [4.78, 5) is 11.3. The maximum Gasteiger partial charge on any atom is 0.342 e. The molecule has 24 heavy (non-hydrogen) atoms. The number of carbonyl (C=O) groups excluding carboxylic acids is 1. The van der Waals surface area contributed by atoms with Crippen LogP contribution in [-0.2, 0) is 19.5 Å². The Kier molecular flexibility index (Phi) is 5.92. The third-order valence-corrected chi connectivity index (χ3v) is 5.45. The van der Waals surface area contributed by atoms with Gasteiger partial charge in [-0.05, 0) is 31.5 Å². The van der Waals surface area contributed by atoms with E-state index in [1.54, 1.807) is 0 Å². The Bertz CT molecular complexity index is 702. The number of ether oxygens (including phenoxy) is 2. The fourth-order valence-corrected chi connectivity index (χ4v) is 4.14. The van der Waals surface area contributed by atoms with Crippen molar-refractivity contribution >= 4 is 16.0 Å². The second-order valence-electron chi connectivity index (χ2n) is 5.67. The number of carbonyl (C=O) groups is 1. The van der Waals surface area contributed by atoms with Crippen LogP contribution >= 0.6 is 0 Å². The van der Waals surface area contributed by atoms with Gasteiger partial charge in [0.25, 0.3) is 0 Å². The normalized spacial score (nSPS) is 21.0. The second-order valence-corrected chi connectivity index (χ2v) is 7.41. The first kappa shape index (κ1) is 18.8. The molecule has 9 heteroatoms. The van der Waals surface area contributed by atoms with Gasteiger partial charge >= 0.3 is 5.97 Å². The molecule has 1 aliphatic heterocycles. The first-order valence-corrected chi connectivity index (χ1v) is 8.94. The Hall–Kier alpha value is -1.55. The van der Waals surface area contributed by atoms with E-state index in [-0.39, 0.29) is 6.54 Å². The summed E-state index contributed by atoms with van der Waals surface area (Å²) >= 11 is 0. The number of nitrogens with one attached hydrogen (secondary N) is 2. The molecule has 1 heterocycles. The zero-order valence-electron chi connectivity index (χ0n) is 13.6. The van der Waals surface area contributed by atoms with Crippen molar-refractivity contribution in [3.8, 4) is 0 Å². The first-order chi connectivity index (χ1) is 11.4. The van der Waals surface area contributed by atoms with Crippen molar-refractivity contribution in [3.05, 3.63) is 29.6 Å². The summed E-state index contributed by atoms with van der Waals surface area (Å²) in [5.74, 6) is -1.99. The molecule has 0 spiro atoms. The van der Waals surface area contributed by atoms with Crippen LogP contribution in [0, 0.1) is 5.82 Å². The molecular weight excluding hydrogens is 339 g/mol. The maximum atomic E-state index is 13.9. The van der Waals surface area contributed by atoms with E-state index in [9.17, 15) is 17.6 Å². The number of halogens is 1. The van der Waals surface area contributed by atoms with Gasteiger partial charge in [-0.3, -0.25) is 0 Å². The molecule has 1 unspecified atom stereocenters. The molecule has 1 saturated heterocycles. The van der Waals surface area contributed by atoms with E-state index < -0.39 is 37.8 Å². The van der Waals surface area contributed by atoms with Gasteiger partial charge in [0.15, 0.2) is 0 Å². The molecule has 1 aromatic rings. The molecule has 2 N–H and O–H groups in total. The smallest absolute Gasteiger partial charge is 0.342 e. The van der Waals surface area contributed by atoms with E-state index in [4.69, 9.17) is 4.74 Å². The maximum absolute atomic E-state index is 13.9. The number of benzene rings is 1. The van der Waals surface area contributed by atoms with Gasteiger partial charge in [-0.2, -0.15) is 0 Å². The second kappa shape index (κ2) is 7.56. The Balaban J connectivity index is 2.28. The summed E-state index contributed by atoms with van der Waals surface area (Å²) in [6.45, 7) is 1.17. The van der Waals surface area contributed by atoms with Gasteiger partial charge in [0.1, 0.15) is 11.4 Å². The van der Waals surface area contributed by atoms with Crippen molar-refractivity contribution in [3.63, 3.8) is 0 Å². The summed E-state index contributed by atoms with van der Waals surface area (Å²) in [5.41, 5.74) is -1.12. The minimum atomic E-state index is -4.10. The summed E-state index contributed by atoms with van der Waals surface area (Å²) in [6, 6.07) is 3.41. The molecule has 2 rings (SSSR count). The molecule has 1 atom stereocenters. The van der Waals surface area contributed by atoms with Crippen molar-refractivity contribution in [1.82, 2.24) is 10.0 Å². The van der Waals surface area contributed by atoms with E-state index in [0.29, 0.717) is 6.61 Å². The highest BCUT2D eigenvalue weighted by Gasteiger charge is 2.36. The van der Waals surface area contributed by atoms with Crippen LogP contribution in [-0.4, -0.2) is 53.8 Å². The number of rotatable bonds is 7. The lowest BCUT2D eigenvalue weighted by Gasteiger charge is -2.29. The van der Waals surface area contributed by atoms with Crippen LogP contribution in [0.4, 0.5) is 4.39 Å². The van der Waals surface area contributed by atoms with Gasteiger partial charge in [-0.1, -0.05) is 6.07 Å². The highest BCUT2D eigenvalue weighted by molar-refractivity contribution is 7.89. The van der Waals surface area contributed by atoms with Crippen LogP contribution < -0.4 is 10.0 Å². The van der Waals surface area contributed by atoms with Crippen molar-refractivity contribution < 1.29 is 27.1 Å². The Morgan fingerprint density at radius 1 is 1.42 bits per heavy atom. The fourth-order valence-electron chi connectivity index (χ4n) is 2.81. The predicted octanol–water partition coefficient (Wildman–Crippen LogP) is 0.659. The van der Waals surface area contributed by atoms with Crippen LogP contribution in [0.15, 0.2) is 23.1 Å². The average molecular weight is 360 g/mol. The third-order valence-electron chi connectivity index (χ3n) is 4.01. The molecular formula is C15H21FN2O5S. The molecule has 0 radical (unpaired) electrons. The molecule has 1 aromatic carbocycles. The topological polar surface area (TPSA) is 93.7 Å². The van der Waals surface area contributed by atoms with Gasteiger partial charge in [0.05, 0.1) is 24.2 Å². The quantitative estimate of drug-likeness (QED) is 0.694. The monoisotopic (exact) mass is 360 g/mol. The fraction of sp³-hybridized carbons (Fsp3) is 0.533. The SMILES string of the molecule is COCC1(CNS(=O)(=O)c2cccc(F)c2C(=O)OC)CCCN1. The molecule has 134 valence electrons. The lowest BCUT2D eigenvalue weighted by molar-refractivity contribution is 0.0590. The van der Waals surface area contributed by atoms with E-state index in [2.05, 4.69) is 14.8 Å². The minimum absolute atomic E-state index is 0.0697. The summed E-state index contributed by atoms with van der Waals surface area (Å²) in [5, 5.41) is 3.24. The molecule has 0 aliphatic carbocycles. The van der Waals surface area contributed by atoms with E-state index in [0.717, 1.165) is 32.6 Å². The van der Waals surface area contributed by atoms with Gasteiger partial charge < -0.3 is 14.8 Å². The standard InChI is InChI=1S/C15H21FN2O5S/c1-22-10-15(7-4-8-17-15)9-18-24(20,21)12-6-3-5-11(16)13(12)14(19)23-2/h3,5-6,17-18H,4,7-10H2,1-2H3. The summed E-state index contributed by atoms with van der Waals surface area (Å²) in [6.07, 6.45) is 1.65. The molecule has 1 aliphatic rings. The predicted molar refractivity (Wildman–Crippen MR) is 84.8 cm³/mol. The Morgan fingerprint density at radius 3 is 2.75 bits per heavy atom. The largest absolute Gasteiger partial charge is 0.465 e. The Labute approximate surface area is 140 Å². The van der Waals surface area contributed by atoms with E-state index >= 15 is 0 Å². The number of sulfonamides is 1. The molecule has 0 saturated carbocycles. The molecule has 0 aromatic heterocycles. The van der Waals surface area contributed by atoms with Crippen molar-refractivity contribution in [1.29, 1.82) is 0 Å². The van der Waals surface area contributed by atoms with Gasteiger partial charge in [-0.25, -0.2) is 22.3 Å². The number of hydrogen-bond acceptors (Lipinski definition) is 6. The van der Waals surface area contributed by atoms with Crippen LogP contribution in [0.25, 0.3) is 0 Å².